The molecule has 2 atom stereocenters. The monoisotopic (exact) mass is 443 g/mol. The van der Waals surface area contributed by atoms with Gasteiger partial charge in [-0.15, -0.1) is 0 Å². The lowest BCUT2D eigenvalue weighted by Crippen LogP contribution is -2.54. The van der Waals surface area contributed by atoms with Crippen molar-refractivity contribution in [3.63, 3.8) is 0 Å². The van der Waals surface area contributed by atoms with Gasteiger partial charge in [0, 0.05) is 18.2 Å². The molecule has 0 saturated carbocycles. The van der Waals surface area contributed by atoms with Crippen LogP contribution in [0, 0.1) is 5.92 Å². The average Bonchev–Trinajstić information content (AvgIpc) is 2.80. The summed E-state index contributed by atoms with van der Waals surface area (Å²) in [5, 5.41) is 5.23. The number of nitrogens with one attached hydrogen (secondary N) is 2. The van der Waals surface area contributed by atoms with Crippen molar-refractivity contribution in [1.29, 1.82) is 0 Å². The third-order valence-electron chi connectivity index (χ3n) is 4.70. The Bertz CT molecular complexity index is 904. The van der Waals surface area contributed by atoms with Crippen molar-refractivity contribution in [2.24, 2.45) is 5.92 Å². The zero-order chi connectivity index (χ0) is 23.5. The lowest BCUT2D eigenvalue weighted by atomic mass is 10.0. The van der Waals surface area contributed by atoms with Crippen molar-refractivity contribution in [3.8, 4) is 5.88 Å². The van der Waals surface area contributed by atoms with Crippen LogP contribution in [0.25, 0.3) is 0 Å². The highest BCUT2D eigenvalue weighted by Gasteiger charge is 2.30. The average molecular weight is 444 g/mol. The van der Waals surface area contributed by atoms with Gasteiger partial charge in [0.15, 0.2) is 0 Å². The van der Waals surface area contributed by atoms with Crippen LogP contribution in [-0.4, -0.2) is 49.3 Å². The van der Waals surface area contributed by atoms with Gasteiger partial charge < -0.3 is 24.8 Å². The molecule has 0 fully saturated rings. The predicted octanol–water partition coefficient (Wildman–Crippen LogP) is 2.24. The van der Waals surface area contributed by atoms with Crippen LogP contribution in [-0.2, 0) is 32.1 Å². The van der Waals surface area contributed by atoms with Gasteiger partial charge in [0.05, 0.1) is 14.2 Å². The first-order valence-corrected chi connectivity index (χ1v) is 10.2. The second-order valence-electron chi connectivity index (χ2n) is 7.39. The van der Waals surface area contributed by atoms with Crippen molar-refractivity contribution in [1.82, 2.24) is 15.6 Å². The number of pyridine rings is 1. The second-order valence-corrected chi connectivity index (χ2v) is 7.39. The van der Waals surface area contributed by atoms with Gasteiger partial charge in [-0.05, 0) is 17.5 Å². The van der Waals surface area contributed by atoms with Gasteiger partial charge in [-0.3, -0.25) is 4.79 Å². The molecule has 172 valence electrons. The van der Waals surface area contributed by atoms with Crippen LogP contribution in [0.2, 0.25) is 0 Å². The van der Waals surface area contributed by atoms with E-state index in [1.165, 1.54) is 14.2 Å². The Labute approximate surface area is 187 Å². The van der Waals surface area contributed by atoms with Gasteiger partial charge in [0.25, 0.3) is 0 Å². The van der Waals surface area contributed by atoms with E-state index in [0.29, 0.717) is 11.4 Å². The third kappa shape index (κ3) is 7.26. The summed E-state index contributed by atoms with van der Waals surface area (Å²) in [5.41, 5.74) is 1.45. The summed E-state index contributed by atoms with van der Waals surface area (Å²) in [5.74, 6) is -1.07. The minimum atomic E-state index is -0.992. The van der Waals surface area contributed by atoms with Crippen LogP contribution in [0.5, 0.6) is 5.88 Å². The smallest absolute Gasteiger partial charge is 0.408 e. The number of carbonyl (C=O) groups is 3. The topological polar surface area (TPSA) is 116 Å². The maximum atomic E-state index is 12.9. The minimum absolute atomic E-state index is 0.0741. The number of ether oxygens (including phenoxy) is 3. The number of benzene rings is 1. The molecule has 0 saturated heterocycles. The summed E-state index contributed by atoms with van der Waals surface area (Å²) in [6.45, 7) is 3.63. The van der Waals surface area contributed by atoms with Gasteiger partial charge in [0.1, 0.15) is 18.7 Å². The third-order valence-corrected chi connectivity index (χ3v) is 4.70. The molecular formula is C23H29N3O6. The number of alkyl carbamates (subject to hydrolysis) is 1. The largest absolute Gasteiger partial charge is 0.481 e. The van der Waals surface area contributed by atoms with Gasteiger partial charge >= 0.3 is 12.1 Å². The quantitative estimate of drug-likeness (QED) is 0.541. The Balaban J connectivity index is 2.05. The normalized spacial score (nSPS) is 12.4. The molecule has 9 heteroatoms. The van der Waals surface area contributed by atoms with E-state index in [9.17, 15) is 14.4 Å². The van der Waals surface area contributed by atoms with Gasteiger partial charge in [-0.2, -0.15) is 0 Å². The molecule has 2 aromatic rings. The van der Waals surface area contributed by atoms with Crippen LogP contribution in [0.15, 0.2) is 48.7 Å². The Morgan fingerprint density at radius 2 is 1.72 bits per heavy atom. The van der Waals surface area contributed by atoms with Gasteiger partial charge in [-0.25, -0.2) is 14.6 Å². The predicted molar refractivity (Wildman–Crippen MR) is 117 cm³/mol. The highest BCUT2D eigenvalue weighted by atomic mass is 16.5. The van der Waals surface area contributed by atoms with Crippen molar-refractivity contribution < 1.29 is 28.6 Å². The highest BCUT2D eigenvalue weighted by Crippen LogP contribution is 2.16. The lowest BCUT2D eigenvalue weighted by Gasteiger charge is -2.24. The van der Waals surface area contributed by atoms with Gasteiger partial charge in [-0.1, -0.05) is 50.2 Å². The zero-order valence-corrected chi connectivity index (χ0v) is 18.7. The van der Waals surface area contributed by atoms with E-state index in [4.69, 9.17) is 14.2 Å². The fraction of sp³-hybridized carbons (Fsp3) is 0.391. The van der Waals surface area contributed by atoms with Crippen molar-refractivity contribution >= 4 is 18.0 Å². The fourth-order valence-electron chi connectivity index (χ4n) is 3.01. The van der Waals surface area contributed by atoms with E-state index in [2.05, 4.69) is 15.6 Å². The molecule has 0 aliphatic heterocycles. The SMILES string of the molecule is COC(=O)[C@@H](Cc1cccnc1OC)NC(=O)[C@H](NC(=O)OCc1ccccc1)C(C)C. The van der Waals surface area contributed by atoms with E-state index in [0.717, 1.165) is 5.56 Å². The molecule has 0 bridgehead atoms. The molecule has 2 rings (SSSR count). The first-order chi connectivity index (χ1) is 15.3. The van der Waals surface area contributed by atoms with Crippen molar-refractivity contribution in [2.45, 2.75) is 39.0 Å². The fourth-order valence-corrected chi connectivity index (χ4v) is 3.01. The molecular weight excluding hydrogens is 414 g/mol. The molecule has 1 heterocycles. The number of rotatable bonds is 10. The molecule has 0 unspecified atom stereocenters. The van der Waals surface area contributed by atoms with Crippen LogP contribution in [0.1, 0.15) is 25.0 Å². The summed E-state index contributed by atoms with van der Waals surface area (Å²) in [4.78, 5) is 41.6. The molecule has 1 aromatic heterocycles. The molecule has 0 aliphatic carbocycles. The maximum Gasteiger partial charge on any atom is 0.408 e. The minimum Gasteiger partial charge on any atom is -0.481 e. The molecule has 0 spiro atoms. The summed E-state index contributed by atoms with van der Waals surface area (Å²) >= 11 is 0. The Hall–Kier alpha value is -3.62. The maximum absolute atomic E-state index is 12.9. The number of nitrogens with zero attached hydrogens (tertiary/aromatic N) is 1. The van der Waals surface area contributed by atoms with E-state index in [-0.39, 0.29) is 18.9 Å². The number of amides is 2. The molecule has 1 aromatic carbocycles. The number of methoxy groups -OCH3 is 2. The zero-order valence-electron chi connectivity index (χ0n) is 18.7. The first kappa shape index (κ1) is 24.6. The number of hydrogen-bond acceptors (Lipinski definition) is 7. The van der Waals surface area contributed by atoms with E-state index in [1.54, 1.807) is 32.2 Å². The van der Waals surface area contributed by atoms with Crippen LogP contribution >= 0.6 is 0 Å². The Kier molecular flexibility index (Phi) is 9.46. The van der Waals surface area contributed by atoms with Crippen molar-refractivity contribution in [3.05, 3.63) is 59.8 Å². The molecule has 32 heavy (non-hydrogen) atoms. The van der Waals surface area contributed by atoms with Crippen LogP contribution in [0.4, 0.5) is 4.79 Å². The molecule has 2 N–H and O–H groups in total. The van der Waals surface area contributed by atoms with Crippen LogP contribution < -0.4 is 15.4 Å². The first-order valence-electron chi connectivity index (χ1n) is 10.2. The highest BCUT2D eigenvalue weighted by molar-refractivity contribution is 5.90. The van der Waals surface area contributed by atoms with E-state index < -0.39 is 30.1 Å². The van der Waals surface area contributed by atoms with E-state index >= 15 is 0 Å². The second kappa shape index (κ2) is 12.3. The molecule has 0 aliphatic rings. The number of hydrogen-bond donors (Lipinski definition) is 2. The van der Waals surface area contributed by atoms with E-state index in [1.807, 2.05) is 30.3 Å². The molecule has 2 amide bonds. The number of carbonyl (C=O) groups excluding carboxylic acids is 3. The summed E-state index contributed by atoms with van der Waals surface area (Å²) in [6.07, 6.45) is 0.943. The number of aromatic nitrogens is 1. The standard InChI is InChI=1S/C23H29N3O6/c1-15(2)19(26-23(29)32-14-16-9-6-5-7-10-16)20(27)25-18(22(28)31-4)13-17-11-8-12-24-21(17)30-3/h5-12,15,18-19H,13-14H2,1-4H3,(H,25,27)(H,26,29)/t18-,19-/m1/s1. The van der Waals surface area contributed by atoms with Crippen LogP contribution in [0.3, 0.4) is 0 Å². The van der Waals surface area contributed by atoms with Crippen molar-refractivity contribution in [2.75, 3.05) is 14.2 Å². The Morgan fingerprint density at radius 1 is 1.00 bits per heavy atom. The molecule has 9 nitrogen and oxygen atoms in total. The lowest BCUT2D eigenvalue weighted by molar-refractivity contribution is -0.145. The molecule has 0 radical (unpaired) electrons. The number of esters is 1. The van der Waals surface area contributed by atoms with Gasteiger partial charge in [0.2, 0.25) is 11.8 Å². The summed E-state index contributed by atoms with van der Waals surface area (Å²) < 4.78 is 15.3. The Morgan fingerprint density at radius 3 is 2.34 bits per heavy atom. The summed E-state index contributed by atoms with van der Waals surface area (Å²) in [7, 11) is 2.71. The summed E-state index contributed by atoms with van der Waals surface area (Å²) in [6, 6.07) is 10.7.